The van der Waals surface area contributed by atoms with Gasteiger partial charge in [0.2, 0.25) is 0 Å². The molecule has 4 heteroatoms. The van der Waals surface area contributed by atoms with Crippen molar-refractivity contribution in [1.82, 2.24) is 0 Å². The van der Waals surface area contributed by atoms with E-state index in [4.69, 9.17) is 0 Å². The van der Waals surface area contributed by atoms with Crippen LogP contribution in [0.4, 0.5) is 0 Å². The number of hydrogen-bond donors (Lipinski definition) is 0. The van der Waals surface area contributed by atoms with Crippen molar-refractivity contribution >= 4 is 0 Å². The molecule has 14 heavy (non-hydrogen) atoms. The quantitative estimate of drug-likeness (QED) is 0.653. The van der Waals surface area contributed by atoms with E-state index >= 15 is 0 Å². The maximum Gasteiger partial charge on any atom is 2.00 e. The largest absolute Gasteiger partial charge is 2.00 e. The average Bonchev–Trinajstić information content (AvgIpc) is 2.18. The fourth-order valence-electron chi connectivity index (χ4n) is 0. The van der Waals surface area contributed by atoms with Crippen LogP contribution in [-0.2, 0) is 49.1 Å². The second kappa shape index (κ2) is 49.3. The number of allylic oxidation sites excluding steroid dienone is 2. The predicted octanol–water partition coefficient (Wildman–Crippen LogP) is 2.51. The van der Waals surface area contributed by atoms with Crippen molar-refractivity contribution in [3.63, 3.8) is 0 Å². The summed E-state index contributed by atoms with van der Waals surface area (Å²) in [6.07, 6.45) is 3.28. The Morgan fingerprint density at radius 2 is 1.07 bits per heavy atom. The second-order valence-corrected chi connectivity index (χ2v) is 1.63. The van der Waals surface area contributed by atoms with Crippen molar-refractivity contribution in [1.29, 1.82) is 0 Å². The molecule has 0 aromatic rings. The molecule has 0 aliphatic carbocycles. The molecule has 0 aliphatic heterocycles. The molecule has 0 spiro atoms. The summed E-state index contributed by atoms with van der Waals surface area (Å²) in [5.74, 6) is 0. The van der Waals surface area contributed by atoms with Crippen LogP contribution in [0.1, 0.15) is 13.8 Å². The van der Waals surface area contributed by atoms with E-state index in [2.05, 4.69) is 23.3 Å². The minimum atomic E-state index is 0. The van der Waals surface area contributed by atoms with E-state index in [0.29, 0.717) is 0 Å². The normalized spacial score (nSPS) is 6.86. The molecule has 2 nitrogen and oxygen atoms in total. The van der Waals surface area contributed by atoms with Crippen LogP contribution in [-0.4, -0.2) is 27.4 Å². The molecule has 0 rings (SSSR count). The molecular formula is C10H22O2VW. The number of rotatable bonds is 2. The van der Waals surface area contributed by atoms with Crippen molar-refractivity contribution in [2.45, 2.75) is 13.8 Å². The van der Waals surface area contributed by atoms with Crippen molar-refractivity contribution in [2.75, 3.05) is 27.4 Å². The van der Waals surface area contributed by atoms with E-state index in [0.717, 1.165) is 13.2 Å². The Morgan fingerprint density at radius 3 is 1.07 bits per heavy atom. The summed E-state index contributed by atoms with van der Waals surface area (Å²) in [5.41, 5.74) is 0. The maximum atomic E-state index is 4.54. The summed E-state index contributed by atoms with van der Waals surface area (Å²) < 4.78 is 9.08. The van der Waals surface area contributed by atoms with Gasteiger partial charge in [0.25, 0.3) is 0 Å². The number of methoxy groups -OCH3 is 2. The zero-order chi connectivity index (χ0) is 10.2. The minimum Gasteiger partial charge on any atom is -0.385 e. The molecule has 0 amide bonds. The Labute approximate surface area is 116 Å². The van der Waals surface area contributed by atoms with E-state index in [9.17, 15) is 0 Å². The first-order chi connectivity index (χ1) is 5.74. The van der Waals surface area contributed by atoms with Gasteiger partial charge < -0.3 is 35.5 Å². The van der Waals surface area contributed by atoms with Gasteiger partial charge in [-0.3, -0.25) is 0 Å². The van der Waals surface area contributed by atoms with Crippen LogP contribution in [0, 0.1) is 13.8 Å². The summed E-state index contributed by atoms with van der Waals surface area (Å²) in [7, 11) is 3.36. The Morgan fingerprint density at radius 1 is 0.929 bits per heavy atom. The minimum absolute atomic E-state index is 0. The van der Waals surface area contributed by atoms with Crippen molar-refractivity contribution in [2.24, 2.45) is 0 Å². The molecule has 85 valence electrons. The van der Waals surface area contributed by atoms with Crippen molar-refractivity contribution < 1.29 is 49.1 Å². The fraction of sp³-hybridized carbons (Fsp3) is 0.600. The van der Waals surface area contributed by atoms with Crippen LogP contribution in [0.2, 0.25) is 0 Å². The smallest absolute Gasteiger partial charge is 0.385 e. The Kier molecular flexibility index (Phi) is 103. The topological polar surface area (TPSA) is 18.5 Å². The first kappa shape index (κ1) is 29.3. The molecule has 1 radical (unpaired) electrons. The zero-order valence-electron chi connectivity index (χ0n) is 9.66. The third-order valence-electron chi connectivity index (χ3n) is 0.744. The molecule has 0 aromatic heterocycles. The molecule has 0 saturated carbocycles. The van der Waals surface area contributed by atoms with Crippen molar-refractivity contribution in [3.05, 3.63) is 26.0 Å². The zero-order valence-corrected chi connectivity index (χ0v) is 14.0. The van der Waals surface area contributed by atoms with Gasteiger partial charge in [-0.15, -0.1) is 0 Å². The number of ether oxygens (including phenoxy) is 2. The third-order valence-corrected chi connectivity index (χ3v) is 0.744. The third kappa shape index (κ3) is 128. The van der Waals surface area contributed by atoms with Gasteiger partial charge >= 0.3 is 21.1 Å². The van der Waals surface area contributed by atoms with Crippen molar-refractivity contribution in [3.8, 4) is 0 Å². The number of hydrogen-bond acceptors (Lipinski definition) is 2. The second-order valence-electron chi connectivity index (χ2n) is 1.63. The first-order valence-electron chi connectivity index (χ1n) is 3.96. The Balaban J connectivity index is -0.0000000270. The fourth-order valence-corrected chi connectivity index (χ4v) is 0. The molecule has 0 atom stereocenters. The van der Waals surface area contributed by atoms with Crippen LogP contribution in [0.15, 0.2) is 12.2 Å². The van der Waals surface area contributed by atoms with Gasteiger partial charge in [-0.1, -0.05) is 0 Å². The SMILES string of the molecule is CCOC.CCOC.[CH2-]C=C[CH2-].[V].[W+2]. The van der Waals surface area contributed by atoms with Crippen LogP contribution < -0.4 is 0 Å². The molecule has 0 unspecified atom stereocenters. The Bertz CT molecular complexity index is 59.1. The van der Waals surface area contributed by atoms with E-state index < -0.39 is 0 Å². The van der Waals surface area contributed by atoms with Gasteiger partial charge in [-0.25, -0.2) is 0 Å². The summed E-state index contributed by atoms with van der Waals surface area (Å²) in [6, 6.07) is 0. The van der Waals surface area contributed by atoms with Gasteiger partial charge in [0.1, 0.15) is 0 Å². The van der Waals surface area contributed by atoms with Crippen LogP contribution in [0.3, 0.4) is 0 Å². The van der Waals surface area contributed by atoms with Gasteiger partial charge in [0.15, 0.2) is 0 Å². The molecule has 0 saturated heterocycles. The molecule has 0 aliphatic rings. The van der Waals surface area contributed by atoms with Gasteiger partial charge in [-0.2, -0.15) is 0 Å². The van der Waals surface area contributed by atoms with Crippen LogP contribution in [0.5, 0.6) is 0 Å². The molecule has 0 fully saturated rings. The van der Waals surface area contributed by atoms with Gasteiger partial charge in [0.05, 0.1) is 0 Å². The van der Waals surface area contributed by atoms with Gasteiger partial charge in [-0.05, 0) is 13.8 Å². The molecule has 0 N–H and O–H groups in total. The predicted molar refractivity (Wildman–Crippen MR) is 55.0 cm³/mol. The van der Waals surface area contributed by atoms with Crippen LogP contribution >= 0.6 is 0 Å². The monoisotopic (exact) mass is 409 g/mol. The summed E-state index contributed by atoms with van der Waals surface area (Å²) in [6.45, 7) is 12.3. The van der Waals surface area contributed by atoms with Gasteiger partial charge in [0, 0.05) is 46.0 Å². The summed E-state index contributed by atoms with van der Waals surface area (Å²) in [5, 5.41) is 0. The standard InChI is InChI=1S/C4H6.2C3H8O.V.W/c3*1-3-4-2;;/h3-4H,1-2H2;2*3H2,1-2H3;;/q-2;;;;+2. The van der Waals surface area contributed by atoms with E-state index in [-0.39, 0.29) is 39.6 Å². The molecule has 0 aromatic carbocycles. The van der Waals surface area contributed by atoms with Crippen LogP contribution in [0.25, 0.3) is 0 Å². The average molecular weight is 409 g/mol. The molecule has 0 bridgehead atoms. The molecular weight excluding hydrogens is 387 g/mol. The summed E-state index contributed by atoms with van der Waals surface area (Å²) >= 11 is 0. The molecule has 0 heterocycles. The van der Waals surface area contributed by atoms with E-state index in [1.807, 2.05) is 13.8 Å². The van der Waals surface area contributed by atoms with E-state index in [1.54, 1.807) is 26.4 Å². The van der Waals surface area contributed by atoms with E-state index in [1.165, 1.54) is 0 Å². The Hall–Kier alpha value is 0.673. The first-order valence-corrected chi connectivity index (χ1v) is 3.96. The maximum absolute atomic E-state index is 4.54. The summed E-state index contributed by atoms with van der Waals surface area (Å²) in [4.78, 5) is 0.